The minimum Gasteiger partial charge on any atom is -0.449 e. The number of benzene rings is 1. The third-order valence-corrected chi connectivity index (χ3v) is 4.11. The zero-order valence-corrected chi connectivity index (χ0v) is 14.5. The highest BCUT2D eigenvalue weighted by Gasteiger charge is 2.25. The number of hydrogen-bond acceptors (Lipinski definition) is 6. The van der Waals surface area contributed by atoms with Crippen molar-refractivity contribution in [3.63, 3.8) is 0 Å². The highest BCUT2D eigenvalue weighted by Crippen LogP contribution is 2.31. The zero-order valence-electron chi connectivity index (χ0n) is 14.5. The highest BCUT2D eigenvalue weighted by atomic mass is 16.6. The minimum absolute atomic E-state index is 0.0589. The van der Waals surface area contributed by atoms with E-state index in [1.807, 2.05) is 4.90 Å². The molecule has 1 aliphatic rings. The molecular formula is C17H23N3O5. The highest BCUT2D eigenvalue weighted by molar-refractivity contribution is 5.93. The number of likely N-dealkylation sites (N-methyl/N-ethyl adjacent to an activating group) is 1. The molecule has 0 bridgehead atoms. The van der Waals surface area contributed by atoms with Gasteiger partial charge in [0.15, 0.2) is 6.10 Å². The van der Waals surface area contributed by atoms with Gasteiger partial charge in [-0.1, -0.05) is 0 Å². The van der Waals surface area contributed by atoms with E-state index in [9.17, 15) is 19.7 Å². The van der Waals surface area contributed by atoms with E-state index in [4.69, 9.17) is 4.74 Å². The zero-order chi connectivity index (χ0) is 18.4. The van der Waals surface area contributed by atoms with Crippen LogP contribution in [-0.4, -0.2) is 42.5 Å². The fraction of sp³-hybridized carbons (Fsp3) is 0.529. The van der Waals surface area contributed by atoms with E-state index in [-0.39, 0.29) is 11.3 Å². The molecule has 1 atom stereocenters. The Balaban J connectivity index is 2.18. The molecule has 0 saturated carbocycles. The van der Waals surface area contributed by atoms with Crippen LogP contribution in [0.3, 0.4) is 0 Å². The number of ether oxygens (including phenoxy) is 1. The Morgan fingerprint density at radius 2 is 2.00 bits per heavy atom. The molecule has 1 amide bonds. The monoisotopic (exact) mass is 349 g/mol. The lowest BCUT2D eigenvalue weighted by Crippen LogP contribution is -2.35. The molecule has 136 valence electrons. The van der Waals surface area contributed by atoms with Gasteiger partial charge in [-0.3, -0.25) is 14.9 Å². The second-order valence-corrected chi connectivity index (χ2v) is 5.95. The van der Waals surface area contributed by atoms with Crippen molar-refractivity contribution in [1.82, 2.24) is 5.32 Å². The third-order valence-electron chi connectivity index (χ3n) is 4.11. The second-order valence-electron chi connectivity index (χ2n) is 5.95. The molecule has 1 saturated heterocycles. The molecule has 1 fully saturated rings. The van der Waals surface area contributed by atoms with Crippen LogP contribution in [0.5, 0.6) is 0 Å². The number of anilines is 1. The van der Waals surface area contributed by atoms with Crippen LogP contribution < -0.4 is 10.2 Å². The van der Waals surface area contributed by atoms with Crippen molar-refractivity contribution in [3.8, 4) is 0 Å². The predicted molar refractivity (Wildman–Crippen MR) is 92.7 cm³/mol. The minimum atomic E-state index is -0.965. The molecule has 25 heavy (non-hydrogen) atoms. The van der Waals surface area contributed by atoms with Gasteiger partial charge in [0.25, 0.3) is 11.6 Å². The van der Waals surface area contributed by atoms with Crippen molar-refractivity contribution in [2.24, 2.45) is 0 Å². The lowest BCUT2D eigenvalue weighted by Gasteiger charge is -2.28. The molecule has 0 spiro atoms. The molecule has 0 unspecified atom stereocenters. The molecule has 8 heteroatoms. The van der Waals surface area contributed by atoms with E-state index in [0.717, 1.165) is 32.4 Å². The molecule has 8 nitrogen and oxygen atoms in total. The maximum atomic E-state index is 12.2. The van der Waals surface area contributed by atoms with Gasteiger partial charge < -0.3 is 15.0 Å². The number of rotatable bonds is 6. The average Bonchev–Trinajstić information content (AvgIpc) is 2.62. The number of nitrogens with zero attached hydrogens (tertiary/aromatic N) is 2. The normalized spacial score (nSPS) is 15.4. The Hall–Kier alpha value is -2.64. The number of nitro groups is 1. The number of amides is 1. The summed E-state index contributed by atoms with van der Waals surface area (Å²) in [5.41, 5.74) is 0.448. The molecule has 2 rings (SSSR count). The van der Waals surface area contributed by atoms with E-state index in [1.54, 1.807) is 13.0 Å². The molecule has 1 aromatic rings. The lowest BCUT2D eigenvalue weighted by molar-refractivity contribution is -0.384. The summed E-state index contributed by atoms with van der Waals surface area (Å²) in [6, 6.07) is 4.30. The van der Waals surface area contributed by atoms with Crippen LogP contribution in [0.4, 0.5) is 11.4 Å². The van der Waals surface area contributed by atoms with Crippen molar-refractivity contribution < 1.29 is 19.2 Å². The van der Waals surface area contributed by atoms with Gasteiger partial charge in [0, 0.05) is 25.7 Å². The Labute approximate surface area is 146 Å². The molecular weight excluding hydrogens is 326 g/mol. The van der Waals surface area contributed by atoms with Gasteiger partial charge in [-0.05, 0) is 45.2 Å². The molecule has 0 aliphatic carbocycles. The van der Waals surface area contributed by atoms with E-state index >= 15 is 0 Å². The summed E-state index contributed by atoms with van der Waals surface area (Å²) in [6.45, 7) is 5.17. The van der Waals surface area contributed by atoms with Crippen LogP contribution >= 0.6 is 0 Å². The SMILES string of the molecule is CCNC(=O)[C@@H](C)OC(=O)c1ccc(N2CCCCC2)c([N+](=O)[O-])c1. The van der Waals surface area contributed by atoms with Crippen molar-refractivity contribution >= 4 is 23.3 Å². The Morgan fingerprint density at radius 1 is 1.32 bits per heavy atom. The van der Waals surface area contributed by atoms with E-state index in [2.05, 4.69) is 5.32 Å². The number of hydrogen-bond donors (Lipinski definition) is 1. The number of piperidine rings is 1. The molecule has 1 heterocycles. The largest absolute Gasteiger partial charge is 0.449 e. The van der Waals surface area contributed by atoms with E-state index < -0.39 is 22.9 Å². The second kappa shape index (κ2) is 8.46. The first kappa shape index (κ1) is 18.7. The van der Waals surface area contributed by atoms with Crippen LogP contribution in [0.2, 0.25) is 0 Å². The van der Waals surface area contributed by atoms with Crippen molar-refractivity contribution in [2.75, 3.05) is 24.5 Å². The third kappa shape index (κ3) is 4.68. The van der Waals surface area contributed by atoms with Gasteiger partial charge in [0.2, 0.25) is 0 Å². The summed E-state index contributed by atoms with van der Waals surface area (Å²) in [4.78, 5) is 36.7. The molecule has 0 aromatic heterocycles. The topological polar surface area (TPSA) is 102 Å². The maximum Gasteiger partial charge on any atom is 0.339 e. The van der Waals surface area contributed by atoms with Crippen LogP contribution in [0.15, 0.2) is 18.2 Å². The van der Waals surface area contributed by atoms with Crippen molar-refractivity contribution in [1.29, 1.82) is 0 Å². The summed E-state index contributed by atoms with van der Waals surface area (Å²) < 4.78 is 5.08. The van der Waals surface area contributed by atoms with Crippen LogP contribution in [0.1, 0.15) is 43.5 Å². The van der Waals surface area contributed by atoms with Crippen LogP contribution in [0, 0.1) is 10.1 Å². The summed E-state index contributed by atoms with van der Waals surface area (Å²) in [7, 11) is 0. The van der Waals surface area contributed by atoms with Gasteiger partial charge in [0.05, 0.1) is 10.5 Å². The first-order valence-electron chi connectivity index (χ1n) is 8.46. The Morgan fingerprint density at radius 3 is 2.60 bits per heavy atom. The van der Waals surface area contributed by atoms with Gasteiger partial charge in [0.1, 0.15) is 5.69 Å². The molecule has 0 radical (unpaired) electrons. The summed E-state index contributed by atoms with van der Waals surface area (Å²) >= 11 is 0. The van der Waals surface area contributed by atoms with Crippen molar-refractivity contribution in [3.05, 3.63) is 33.9 Å². The smallest absolute Gasteiger partial charge is 0.339 e. The Bertz CT molecular complexity index is 656. The van der Waals surface area contributed by atoms with E-state index in [1.165, 1.54) is 19.1 Å². The number of nitro benzene ring substituents is 1. The van der Waals surface area contributed by atoms with Gasteiger partial charge in [-0.25, -0.2) is 4.79 Å². The first-order chi connectivity index (χ1) is 11.9. The quantitative estimate of drug-likeness (QED) is 0.480. The Kier molecular flexibility index (Phi) is 6.32. The predicted octanol–water partition coefficient (Wildman–Crippen LogP) is 2.27. The number of carbonyl (C=O) groups is 2. The standard InChI is InChI=1S/C17H23N3O5/c1-3-18-16(21)12(2)25-17(22)13-7-8-14(15(11-13)20(23)24)19-9-5-4-6-10-19/h7-8,11-12H,3-6,9-10H2,1-2H3,(H,18,21)/t12-/m1/s1. The average molecular weight is 349 g/mol. The molecule has 1 N–H and O–H groups in total. The van der Waals surface area contributed by atoms with Gasteiger partial charge in [-0.2, -0.15) is 0 Å². The maximum absolute atomic E-state index is 12.2. The fourth-order valence-corrected chi connectivity index (χ4v) is 2.80. The lowest BCUT2D eigenvalue weighted by atomic mass is 10.1. The molecule has 1 aliphatic heterocycles. The first-order valence-corrected chi connectivity index (χ1v) is 8.46. The molecule has 1 aromatic carbocycles. The van der Waals surface area contributed by atoms with Gasteiger partial charge in [-0.15, -0.1) is 0 Å². The summed E-state index contributed by atoms with van der Waals surface area (Å²) in [5, 5.41) is 14.0. The fourth-order valence-electron chi connectivity index (χ4n) is 2.80. The van der Waals surface area contributed by atoms with Crippen LogP contribution in [0.25, 0.3) is 0 Å². The summed E-state index contributed by atoms with van der Waals surface area (Å²) in [6.07, 6.45) is 2.14. The number of esters is 1. The summed E-state index contributed by atoms with van der Waals surface area (Å²) in [5.74, 6) is -1.16. The van der Waals surface area contributed by atoms with Crippen molar-refractivity contribution in [2.45, 2.75) is 39.2 Å². The van der Waals surface area contributed by atoms with E-state index in [0.29, 0.717) is 12.2 Å². The number of nitrogens with one attached hydrogen (secondary N) is 1. The van der Waals surface area contributed by atoms with Crippen LogP contribution in [-0.2, 0) is 9.53 Å². The number of carbonyl (C=O) groups excluding carboxylic acids is 2. The van der Waals surface area contributed by atoms with Gasteiger partial charge >= 0.3 is 5.97 Å².